The van der Waals surface area contributed by atoms with Gasteiger partial charge in [0.05, 0.1) is 5.69 Å². The first-order valence-electron chi connectivity index (χ1n) is 5.86. The van der Waals surface area contributed by atoms with Crippen molar-refractivity contribution in [2.75, 3.05) is 18.5 Å². The summed E-state index contributed by atoms with van der Waals surface area (Å²) in [4.78, 5) is 13.6. The molecule has 94 valence electrons. The van der Waals surface area contributed by atoms with Crippen LogP contribution in [0.4, 0.5) is 10.1 Å². The molecule has 1 amide bonds. The largest absolute Gasteiger partial charge is 0.358 e. The molecule has 0 saturated carbocycles. The van der Waals surface area contributed by atoms with Crippen LogP contribution in [-0.4, -0.2) is 25.5 Å². The van der Waals surface area contributed by atoms with Crippen LogP contribution in [0.2, 0.25) is 0 Å². The van der Waals surface area contributed by atoms with Crippen molar-refractivity contribution in [3.63, 3.8) is 0 Å². The van der Waals surface area contributed by atoms with Gasteiger partial charge in [0.15, 0.2) is 0 Å². The number of rotatable bonds is 2. The maximum atomic E-state index is 13.6. The maximum Gasteiger partial charge on any atom is 0.242 e. The molecule has 1 heterocycles. The van der Waals surface area contributed by atoms with Gasteiger partial charge in [0, 0.05) is 13.6 Å². The maximum absolute atomic E-state index is 13.6. The van der Waals surface area contributed by atoms with Gasteiger partial charge < -0.3 is 10.2 Å². The topological polar surface area (TPSA) is 56.1 Å². The van der Waals surface area contributed by atoms with E-state index in [1.54, 1.807) is 24.1 Å². The fraction of sp³-hybridized carbons (Fsp3) is 0.385. The molecule has 1 unspecified atom stereocenters. The van der Waals surface area contributed by atoms with Gasteiger partial charge in [-0.1, -0.05) is 6.07 Å². The zero-order chi connectivity index (χ0) is 13.1. The van der Waals surface area contributed by atoms with Gasteiger partial charge in [-0.25, -0.2) is 4.39 Å². The second-order valence-corrected chi connectivity index (χ2v) is 4.21. The summed E-state index contributed by atoms with van der Waals surface area (Å²) in [6.45, 7) is 0.663. The quantitative estimate of drug-likeness (QED) is 0.859. The SMILES string of the molecule is CNC(=O)C1CCCN1c1cccc(F)c1C#N. The summed E-state index contributed by atoms with van der Waals surface area (Å²) in [7, 11) is 1.58. The lowest BCUT2D eigenvalue weighted by atomic mass is 10.1. The zero-order valence-electron chi connectivity index (χ0n) is 10.1. The lowest BCUT2D eigenvalue weighted by molar-refractivity contribution is -0.121. The van der Waals surface area contributed by atoms with Crippen LogP contribution in [0.25, 0.3) is 0 Å². The predicted octanol–water partition coefficient (Wildman–Crippen LogP) is 1.41. The van der Waals surface area contributed by atoms with Crippen LogP contribution in [0.5, 0.6) is 0 Å². The zero-order valence-corrected chi connectivity index (χ0v) is 10.1. The van der Waals surface area contributed by atoms with Gasteiger partial charge in [-0.2, -0.15) is 5.26 Å². The van der Waals surface area contributed by atoms with Gasteiger partial charge in [-0.05, 0) is 25.0 Å². The summed E-state index contributed by atoms with van der Waals surface area (Å²) in [6.07, 6.45) is 1.58. The van der Waals surface area contributed by atoms with Gasteiger partial charge in [-0.3, -0.25) is 4.79 Å². The van der Waals surface area contributed by atoms with Gasteiger partial charge in [0.1, 0.15) is 23.5 Å². The third kappa shape index (κ3) is 2.02. The summed E-state index contributed by atoms with van der Waals surface area (Å²) in [5, 5.41) is 11.6. The fourth-order valence-corrected chi connectivity index (χ4v) is 2.36. The van der Waals surface area contributed by atoms with E-state index in [4.69, 9.17) is 5.26 Å². The molecule has 1 saturated heterocycles. The van der Waals surface area contributed by atoms with Crippen LogP contribution < -0.4 is 10.2 Å². The minimum atomic E-state index is -0.544. The van der Waals surface area contributed by atoms with Crippen molar-refractivity contribution in [2.24, 2.45) is 0 Å². The molecule has 5 heteroatoms. The normalized spacial score (nSPS) is 18.5. The van der Waals surface area contributed by atoms with Gasteiger partial charge in [0.25, 0.3) is 0 Å². The molecule has 0 radical (unpaired) electrons. The fourth-order valence-electron chi connectivity index (χ4n) is 2.36. The Bertz CT molecular complexity index is 509. The Hall–Kier alpha value is -2.09. The number of nitriles is 1. The van der Waals surface area contributed by atoms with Crippen molar-refractivity contribution in [1.82, 2.24) is 5.32 Å². The summed E-state index contributed by atoms with van der Waals surface area (Å²) in [6, 6.07) is 6.05. The highest BCUT2D eigenvalue weighted by atomic mass is 19.1. The van der Waals surface area contributed by atoms with E-state index in [0.29, 0.717) is 12.2 Å². The van der Waals surface area contributed by atoms with E-state index < -0.39 is 5.82 Å². The molecule has 1 aromatic carbocycles. The Labute approximate surface area is 105 Å². The van der Waals surface area contributed by atoms with E-state index in [1.165, 1.54) is 6.07 Å². The molecule has 1 aliphatic heterocycles. The number of likely N-dealkylation sites (N-methyl/N-ethyl adjacent to an activating group) is 1. The smallest absolute Gasteiger partial charge is 0.242 e. The van der Waals surface area contributed by atoms with Crippen LogP contribution in [0.15, 0.2) is 18.2 Å². The number of amides is 1. The number of nitrogens with one attached hydrogen (secondary N) is 1. The number of anilines is 1. The molecule has 0 bridgehead atoms. The molecule has 0 aromatic heterocycles. The van der Waals surface area contributed by atoms with E-state index in [0.717, 1.165) is 12.8 Å². The summed E-state index contributed by atoms with van der Waals surface area (Å²) >= 11 is 0. The van der Waals surface area contributed by atoms with Crippen molar-refractivity contribution in [3.05, 3.63) is 29.6 Å². The number of hydrogen-bond acceptors (Lipinski definition) is 3. The first-order valence-corrected chi connectivity index (χ1v) is 5.86. The van der Waals surface area contributed by atoms with Crippen molar-refractivity contribution >= 4 is 11.6 Å². The second-order valence-electron chi connectivity index (χ2n) is 4.21. The van der Waals surface area contributed by atoms with Crippen LogP contribution in [0.1, 0.15) is 18.4 Å². The Kier molecular flexibility index (Phi) is 3.47. The Balaban J connectivity index is 2.40. The molecule has 1 fully saturated rings. The highest BCUT2D eigenvalue weighted by Crippen LogP contribution is 2.29. The Morgan fingerprint density at radius 1 is 1.61 bits per heavy atom. The second kappa shape index (κ2) is 5.05. The molecule has 1 atom stereocenters. The monoisotopic (exact) mass is 247 g/mol. The number of carbonyl (C=O) groups is 1. The van der Waals surface area contributed by atoms with Gasteiger partial charge >= 0.3 is 0 Å². The molecular formula is C13H14FN3O. The standard InChI is InChI=1S/C13H14FN3O/c1-16-13(18)12-6-3-7-17(12)11-5-2-4-10(14)9(11)8-15/h2,4-5,12H,3,6-7H2,1H3,(H,16,18). The van der Waals surface area contributed by atoms with Crippen molar-refractivity contribution in [1.29, 1.82) is 5.26 Å². The third-order valence-corrected chi connectivity index (χ3v) is 3.21. The Morgan fingerprint density at radius 3 is 3.06 bits per heavy atom. The third-order valence-electron chi connectivity index (χ3n) is 3.21. The molecule has 1 N–H and O–H groups in total. The number of benzene rings is 1. The highest BCUT2D eigenvalue weighted by Gasteiger charge is 2.31. The van der Waals surface area contributed by atoms with Crippen LogP contribution in [0.3, 0.4) is 0 Å². The summed E-state index contributed by atoms with van der Waals surface area (Å²) < 4.78 is 13.6. The summed E-state index contributed by atoms with van der Waals surface area (Å²) in [5.41, 5.74) is 0.511. The summed E-state index contributed by atoms with van der Waals surface area (Å²) in [5.74, 6) is -0.641. The Morgan fingerprint density at radius 2 is 2.39 bits per heavy atom. The van der Waals surface area contributed by atoms with E-state index in [9.17, 15) is 9.18 Å². The van der Waals surface area contributed by atoms with Gasteiger partial charge in [0.2, 0.25) is 5.91 Å². The van der Waals surface area contributed by atoms with E-state index >= 15 is 0 Å². The van der Waals surface area contributed by atoms with Gasteiger partial charge in [-0.15, -0.1) is 0 Å². The average molecular weight is 247 g/mol. The van der Waals surface area contributed by atoms with Crippen LogP contribution in [-0.2, 0) is 4.79 Å². The van der Waals surface area contributed by atoms with E-state index in [1.807, 2.05) is 6.07 Å². The number of carbonyl (C=O) groups excluding carboxylic acids is 1. The lowest BCUT2D eigenvalue weighted by Gasteiger charge is -2.26. The average Bonchev–Trinajstić information content (AvgIpc) is 2.86. The first kappa shape index (κ1) is 12.4. The molecule has 1 aliphatic rings. The highest BCUT2D eigenvalue weighted by molar-refractivity contribution is 5.86. The molecule has 0 spiro atoms. The number of hydrogen-bond donors (Lipinski definition) is 1. The van der Waals surface area contributed by atoms with Crippen LogP contribution >= 0.6 is 0 Å². The van der Waals surface area contributed by atoms with Crippen molar-refractivity contribution in [3.8, 4) is 6.07 Å². The molecule has 2 rings (SSSR count). The minimum Gasteiger partial charge on any atom is -0.358 e. The predicted molar refractivity (Wildman–Crippen MR) is 65.5 cm³/mol. The van der Waals surface area contributed by atoms with Crippen molar-refractivity contribution in [2.45, 2.75) is 18.9 Å². The van der Waals surface area contributed by atoms with Crippen LogP contribution in [0, 0.1) is 17.1 Å². The van der Waals surface area contributed by atoms with Crippen molar-refractivity contribution < 1.29 is 9.18 Å². The number of nitrogens with zero attached hydrogens (tertiary/aromatic N) is 2. The molecule has 18 heavy (non-hydrogen) atoms. The molecule has 0 aliphatic carbocycles. The van der Waals surface area contributed by atoms with E-state index in [2.05, 4.69) is 5.32 Å². The molecule has 4 nitrogen and oxygen atoms in total. The lowest BCUT2D eigenvalue weighted by Crippen LogP contribution is -2.42. The molecule has 1 aromatic rings. The van der Waals surface area contributed by atoms with E-state index in [-0.39, 0.29) is 17.5 Å². The minimum absolute atomic E-state index is 0.00769. The molecular weight excluding hydrogens is 233 g/mol. The first-order chi connectivity index (χ1) is 8.69. The number of halogens is 1.